The molecule has 0 aliphatic carbocycles. The molecule has 3 N–H and O–H groups in total. The number of ether oxygens (including phenoxy) is 3. The Hall–Kier alpha value is -1.76. The van der Waals surface area contributed by atoms with Crippen LogP contribution in [0.4, 0.5) is 0 Å². The predicted octanol–water partition coefficient (Wildman–Crippen LogP) is 1.15. The minimum absolute atomic E-state index is 0.124. The molecule has 0 saturated heterocycles. The summed E-state index contributed by atoms with van der Waals surface area (Å²) < 4.78 is 17.3. The van der Waals surface area contributed by atoms with Gasteiger partial charge < -0.3 is 29.7 Å². The lowest BCUT2D eigenvalue weighted by atomic mass is 9.80. The second kappa shape index (κ2) is 5.95. The van der Waals surface area contributed by atoms with Gasteiger partial charge in [-0.05, 0) is 42.7 Å². The molecule has 1 aromatic rings. The molecule has 1 aromatic carbocycles. The molecule has 3 heterocycles. The van der Waals surface area contributed by atoms with Gasteiger partial charge in [-0.3, -0.25) is 0 Å². The number of hydrogen-bond acceptors (Lipinski definition) is 6. The summed E-state index contributed by atoms with van der Waals surface area (Å²) in [5.41, 5.74) is 3.19. The Labute approximate surface area is 141 Å². The normalized spacial score (nSPS) is 31.1. The lowest BCUT2D eigenvalue weighted by Crippen LogP contribution is -2.48. The molecule has 3 aliphatic rings. The summed E-state index contributed by atoms with van der Waals surface area (Å²) in [6.45, 7) is 0.806. The van der Waals surface area contributed by atoms with Gasteiger partial charge in [0.05, 0.1) is 38.0 Å². The minimum atomic E-state index is -0.728. The van der Waals surface area contributed by atoms with Gasteiger partial charge in [-0.1, -0.05) is 0 Å². The average Bonchev–Trinajstić information content (AvgIpc) is 2.59. The molecular formula is C18H23NO5. The summed E-state index contributed by atoms with van der Waals surface area (Å²) in [7, 11) is 3.24. The first kappa shape index (κ1) is 15.7. The van der Waals surface area contributed by atoms with Gasteiger partial charge >= 0.3 is 0 Å². The van der Waals surface area contributed by atoms with Crippen LogP contribution < -0.4 is 14.8 Å². The summed E-state index contributed by atoms with van der Waals surface area (Å²) in [5, 5.41) is 24.1. The standard InChI is InChI=1S/C18H23NO5/c1-22-13-7-9-5-6-19-16-14(9)15(18(13)23-2)12-4-3-10(20)8-11(21)17(16)24-12/h4,7,10-11,16-17,19-21H,3,5-6,8H2,1-2H3. The molecular weight excluding hydrogens is 310 g/mol. The summed E-state index contributed by atoms with van der Waals surface area (Å²) in [5.74, 6) is 1.97. The maximum atomic E-state index is 10.6. The number of hydrogen-bond donors (Lipinski definition) is 3. The van der Waals surface area contributed by atoms with E-state index in [1.165, 1.54) is 5.56 Å². The zero-order chi connectivity index (χ0) is 16.8. The van der Waals surface area contributed by atoms with Gasteiger partial charge in [0.15, 0.2) is 11.5 Å². The zero-order valence-corrected chi connectivity index (χ0v) is 13.9. The lowest BCUT2D eigenvalue weighted by Gasteiger charge is -2.43. The molecule has 0 fully saturated rings. The maximum Gasteiger partial charge on any atom is 0.172 e. The highest BCUT2D eigenvalue weighted by Crippen LogP contribution is 2.50. The van der Waals surface area contributed by atoms with Gasteiger partial charge in [0.25, 0.3) is 0 Å². The second-order valence-corrected chi connectivity index (χ2v) is 6.59. The maximum absolute atomic E-state index is 10.6. The van der Waals surface area contributed by atoms with E-state index in [2.05, 4.69) is 5.32 Å². The van der Waals surface area contributed by atoms with E-state index < -0.39 is 18.3 Å². The molecule has 3 aliphatic heterocycles. The van der Waals surface area contributed by atoms with Crippen LogP contribution in [0, 0.1) is 0 Å². The molecule has 0 amide bonds. The Bertz CT molecular complexity index is 686. The Kier molecular flexibility index (Phi) is 3.90. The summed E-state index contributed by atoms with van der Waals surface area (Å²) >= 11 is 0. The topological polar surface area (TPSA) is 80.2 Å². The van der Waals surface area contributed by atoms with Crippen molar-refractivity contribution in [1.82, 2.24) is 5.32 Å². The third kappa shape index (κ3) is 2.29. The Morgan fingerprint density at radius 2 is 2.08 bits per heavy atom. The van der Waals surface area contributed by atoms with Gasteiger partial charge in [0.1, 0.15) is 11.9 Å². The van der Waals surface area contributed by atoms with Gasteiger partial charge in [0.2, 0.25) is 0 Å². The first-order valence-corrected chi connectivity index (χ1v) is 8.38. The summed E-state index contributed by atoms with van der Waals surface area (Å²) in [6, 6.07) is 1.90. The van der Waals surface area contributed by atoms with Crippen molar-refractivity contribution < 1.29 is 24.4 Å². The van der Waals surface area contributed by atoms with E-state index in [1.54, 1.807) is 14.2 Å². The Morgan fingerprint density at radius 1 is 1.25 bits per heavy atom. The van der Waals surface area contributed by atoms with Crippen LogP contribution in [-0.2, 0) is 11.2 Å². The number of rotatable bonds is 2. The Morgan fingerprint density at radius 3 is 2.83 bits per heavy atom. The molecule has 0 spiro atoms. The smallest absolute Gasteiger partial charge is 0.172 e. The lowest BCUT2D eigenvalue weighted by molar-refractivity contribution is -0.0393. The molecule has 4 rings (SSSR count). The van der Waals surface area contributed by atoms with Crippen LogP contribution in [0.3, 0.4) is 0 Å². The second-order valence-electron chi connectivity index (χ2n) is 6.59. The van der Waals surface area contributed by atoms with Crippen LogP contribution in [0.1, 0.15) is 35.6 Å². The molecule has 6 nitrogen and oxygen atoms in total. The van der Waals surface area contributed by atoms with E-state index in [0.29, 0.717) is 30.1 Å². The van der Waals surface area contributed by atoms with Crippen LogP contribution in [0.25, 0.3) is 5.76 Å². The van der Waals surface area contributed by atoms with Crippen LogP contribution in [-0.4, -0.2) is 49.3 Å². The number of aliphatic hydroxyl groups is 2. The van der Waals surface area contributed by atoms with E-state index in [9.17, 15) is 10.2 Å². The summed E-state index contributed by atoms with van der Waals surface area (Å²) in [6.07, 6.45) is 1.80. The molecule has 4 unspecified atom stereocenters. The number of aliphatic hydroxyl groups excluding tert-OH is 2. The van der Waals surface area contributed by atoms with Crippen molar-refractivity contribution >= 4 is 5.76 Å². The molecule has 0 radical (unpaired) electrons. The van der Waals surface area contributed by atoms with Crippen LogP contribution in [0.2, 0.25) is 0 Å². The van der Waals surface area contributed by atoms with Crippen molar-refractivity contribution in [2.24, 2.45) is 0 Å². The highest BCUT2D eigenvalue weighted by molar-refractivity contribution is 5.76. The van der Waals surface area contributed by atoms with Crippen molar-refractivity contribution in [2.45, 2.75) is 43.6 Å². The van der Waals surface area contributed by atoms with Gasteiger partial charge in [-0.25, -0.2) is 0 Å². The molecule has 24 heavy (non-hydrogen) atoms. The monoisotopic (exact) mass is 333 g/mol. The van der Waals surface area contributed by atoms with E-state index >= 15 is 0 Å². The van der Waals surface area contributed by atoms with Crippen molar-refractivity contribution in [2.75, 3.05) is 20.8 Å². The third-order valence-electron chi connectivity index (χ3n) is 5.17. The molecule has 130 valence electrons. The molecule has 0 saturated carbocycles. The molecule has 0 aromatic heterocycles. The quantitative estimate of drug-likeness (QED) is 0.753. The highest BCUT2D eigenvalue weighted by Gasteiger charge is 2.44. The van der Waals surface area contributed by atoms with E-state index in [4.69, 9.17) is 14.2 Å². The predicted molar refractivity (Wildman–Crippen MR) is 88.1 cm³/mol. The van der Waals surface area contributed by atoms with E-state index in [-0.39, 0.29) is 6.04 Å². The molecule has 4 atom stereocenters. The number of benzene rings is 1. The first-order chi connectivity index (χ1) is 11.6. The third-order valence-corrected chi connectivity index (χ3v) is 5.17. The van der Waals surface area contributed by atoms with Crippen LogP contribution in [0.5, 0.6) is 11.5 Å². The van der Waals surface area contributed by atoms with Crippen molar-refractivity contribution in [3.05, 3.63) is 28.8 Å². The fraction of sp³-hybridized carbons (Fsp3) is 0.556. The largest absolute Gasteiger partial charge is 0.493 e. The minimum Gasteiger partial charge on any atom is -0.493 e. The Balaban J connectivity index is 1.98. The molecule has 2 bridgehead atoms. The van der Waals surface area contributed by atoms with E-state index in [0.717, 1.165) is 24.1 Å². The van der Waals surface area contributed by atoms with Crippen LogP contribution in [0.15, 0.2) is 12.1 Å². The van der Waals surface area contributed by atoms with Gasteiger partial charge in [0, 0.05) is 6.42 Å². The first-order valence-electron chi connectivity index (χ1n) is 8.38. The fourth-order valence-corrected chi connectivity index (χ4v) is 4.09. The highest BCUT2D eigenvalue weighted by atomic mass is 16.5. The van der Waals surface area contributed by atoms with Crippen molar-refractivity contribution in [3.63, 3.8) is 0 Å². The van der Waals surface area contributed by atoms with Crippen LogP contribution >= 0.6 is 0 Å². The van der Waals surface area contributed by atoms with Gasteiger partial charge in [-0.15, -0.1) is 0 Å². The number of nitrogens with one attached hydrogen (secondary N) is 1. The number of methoxy groups -OCH3 is 2. The zero-order valence-electron chi connectivity index (χ0n) is 13.9. The number of fused-ring (bicyclic) bond motifs is 4. The van der Waals surface area contributed by atoms with E-state index in [1.807, 2.05) is 12.1 Å². The molecule has 6 heteroatoms. The average molecular weight is 333 g/mol. The van der Waals surface area contributed by atoms with Gasteiger partial charge in [-0.2, -0.15) is 0 Å². The van der Waals surface area contributed by atoms with Crippen molar-refractivity contribution in [3.8, 4) is 11.5 Å². The summed E-state index contributed by atoms with van der Waals surface area (Å²) in [4.78, 5) is 0. The van der Waals surface area contributed by atoms with Crippen molar-refractivity contribution in [1.29, 1.82) is 0 Å². The SMILES string of the molecule is COc1cc2c3c(c1OC)C1=CCC(O)CC(O)C(O1)C3NCC2. The fourth-order valence-electron chi connectivity index (χ4n) is 4.09.